The number of halogens is 2. The first-order valence-corrected chi connectivity index (χ1v) is 6.07. The Labute approximate surface area is 110 Å². The van der Waals surface area contributed by atoms with Crippen LogP contribution in [-0.2, 0) is 0 Å². The molecule has 1 N–H and O–H groups in total. The summed E-state index contributed by atoms with van der Waals surface area (Å²) in [6.45, 7) is 6.25. The summed E-state index contributed by atoms with van der Waals surface area (Å²) in [4.78, 5) is 8.57. The molecule has 0 unspecified atom stereocenters. The molecule has 1 aromatic heterocycles. The van der Waals surface area contributed by atoms with E-state index in [-0.39, 0.29) is 0 Å². The van der Waals surface area contributed by atoms with Crippen molar-refractivity contribution in [2.24, 2.45) is 0 Å². The molecule has 3 nitrogen and oxygen atoms in total. The highest BCUT2D eigenvalue weighted by Gasteiger charge is 2.12. The summed E-state index contributed by atoms with van der Waals surface area (Å²) in [5.41, 5.74) is 1.74. The zero-order valence-corrected chi connectivity index (χ0v) is 11.1. The number of benzene rings is 1. The van der Waals surface area contributed by atoms with Gasteiger partial charge in [0.15, 0.2) is 0 Å². The van der Waals surface area contributed by atoms with Gasteiger partial charge in [-0.15, -0.1) is 0 Å². The van der Waals surface area contributed by atoms with E-state index in [0.29, 0.717) is 29.4 Å². The van der Waals surface area contributed by atoms with E-state index in [1.165, 1.54) is 12.1 Å². The van der Waals surface area contributed by atoms with Gasteiger partial charge in [-0.2, -0.15) is 0 Å². The van der Waals surface area contributed by atoms with Gasteiger partial charge in [-0.1, -0.05) is 0 Å². The van der Waals surface area contributed by atoms with Gasteiger partial charge in [0.2, 0.25) is 0 Å². The first-order chi connectivity index (χ1) is 9.01. The average molecular weight is 263 g/mol. The Balaban J connectivity index is 2.61. The van der Waals surface area contributed by atoms with Crippen molar-refractivity contribution in [3.8, 4) is 11.3 Å². The molecule has 0 saturated carbocycles. The molecule has 1 aromatic carbocycles. The molecule has 0 aliphatic heterocycles. The van der Waals surface area contributed by atoms with Crippen LogP contribution in [-0.4, -0.2) is 16.5 Å². The fourth-order valence-corrected chi connectivity index (χ4v) is 1.94. The lowest BCUT2D eigenvalue weighted by Gasteiger charge is -2.12. The molecule has 100 valence electrons. The van der Waals surface area contributed by atoms with Crippen LogP contribution >= 0.6 is 0 Å². The number of aryl methyl sites for hydroxylation is 1. The predicted molar refractivity (Wildman–Crippen MR) is 71.0 cm³/mol. The van der Waals surface area contributed by atoms with Gasteiger partial charge in [0.25, 0.3) is 0 Å². The van der Waals surface area contributed by atoms with Crippen LogP contribution < -0.4 is 5.32 Å². The highest BCUT2D eigenvalue weighted by molar-refractivity contribution is 5.68. The average Bonchev–Trinajstić information content (AvgIpc) is 2.32. The quantitative estimate of drug-likeness (QED) is 0.921. The number of anilines is 1. The van der Waals surface area contributed by atoms with Gasteiger partial charge in [-0.3, -0.25) is 0 Å². The molecule has 0 saturated heterocycles. The van der Waals surface area contributed by atoms with Gasteiger partial charge in [-0.25, -0.2) is 18.7 Å². The highest BCUT2D eigenvalue weighted by atomic mass is 19.1. The zero-order valence-electron chi connectivity index (χ0n) is 11.1. The van der Waals surface area contributed by atoms with Gasteiger partial charge >= 0.3 is 0 Å². The molecule has 0 aliphatic rings. The first-order valence-electron chi connectivity index (χ1n) is 6.07. The van der Waals surface area contributed by atoms with Crippen molar-refractivity contribution in [3.63, 3.8) is 0 Å². The van der Waals surface area contributed by atoms with E-state index in [4.69, 9.17) is 0 Å². The fourth-order valence-electron chi connectivity index (χ4n) is 1.94. The molecule has 1 heterocycles. The molecule has 2 rings (SSSR count). The Morgan fingerprint density at radius 1 is 1.05 bits per heavy atom. The summed E-state index contributed by atoms with van der Waals surface area (Å²) < 4.78 is 26.6. The Morgan fingerprint density at radius 2 is 1.68 bits per heavy atom. The third-order valence-corrected chi connectivity index (χ3v) is 2.74. The van der Waals surface area contributed by atoms with Crippen LogP contribution in [0, 0.1) is 25.5 Å². The second-order valence-corrected chi connectivity index (χ2v) is 4.28. The Kier molecular flexibility index (Phi) is 3.74. The maximum Gasteiger partial charge on any atom is 0.133 e. The minimum atomic E-state index is -0.615. The molecule has 0 radical (unpaired) electrons. The van der Waals surface area contributed by atoms with Crippen molar-refractivity contribution in [2.45, 2.75) is 20.8 Å². The van der Waals surface area contributed by atoms with E-state index in [1.807, 2.05) is 13.8 Å². The summed E-state index contributed by atoms with van der Waals surface area (Å²) in [5.74, 6) is 0.0159. The Hall–Kier alpha value is -2.04. The van der Waals surface area contributed by atoms with Crippen molar-refractivity contribution in [3.05, 3.63) is 41.2 Å². The summed E-state index contributed by atoms with van der Waals surface area (Å²) in [6.07, 6.45) is 0. The molecular formula is C14H15F2N3. The van der Waals surface area contributed by atoms with E-state index in [1.54, 1.807) is 6.92 Å². The largest absolute Gasteiger partial charge is 0.370 e. The van der Waals surface area contributed by atoms with Crippen LogP contribution in [0.2, 0.25) is 0 Å². The van der Waals surface area contributed by atoms with Gasteiger partial charge in [-0.05, 0) is 32.9 Å². The van der Waals surface area contributed by atoms with Gasteiger partial charge < -0.3 is 5.32 Å². The van der Waals surface area contributed by atoms with E-state index in [9.17, 15) is 8.78 Å². The molecule has 0 spiro atoms. The van der Waals surface area contributed by atoms with Crippen LogP contribution in [0.4, 0.5) is 14.6 Å². The van der Waals surface area contributed by atoms with Crippen molar-refractivity contribution < 1.29 is 8.78 Å². The van der Waals surface area contributed by atoms with Crippen molar-refractivity contribution in [2.75, 3.05) is 11.9 Å². The molecule has 2 aromatic rings. The number of nitrogens with zero attached hydrogens (tertiary/aromatic N) is 2. The fraction of sp³-hybridized carbons (Fsp3) is 0.286. The van der Waals surface area contributed by atoms with Gasteiger partial charge in [0.05, 0.1) is 5.69 Å². The summed E-state index contributed by atoms with van der Waals surface area (Å²) >= 11 is 0. The number of nitrogens with one attached hydrogen (secondary N) is 1. The molecule has 0 aliphatic carbocycles. The van der Waals surface area contributed by atoms with Gasteiger partial charge in [0, 0.05) is 23.7 Å². The van der Waals surface area contributed by atoms with Crippen LogP contribution in [0.5, 0.6) is 0 Å². The maximum atomic E-state index is 13.3. The van der Waals surface area contributed by atoms with E-state index in [0.717, 1.165) is 11.6 Å². The molecule has 0 bridgehead atoms. The van der Waals surface area contributed by atoms with Gasteiger partial charge in [0.1, 0.15) is 23.3 Å². The molecular weight excluding hydrogens is 248 g/mol. The Bertz CT molecular complexity index is 592. The summed E-state index contributed by atoms with van der Waals surface area (Å²) in [6, 6.07) is 3.39. The minimum Gasteiger partial charge on any atom is -0.370 e. The molecule has 0 fully saturated rings. The van der Waals surface area contributed by atoms with Crippen molar-refractivity contribution in [1.29, 1.82) is 0 Å². The third kappa shape index (κ3) is 2.86. The number of hydrogen-bond acceptors (Lipinski definition) is 3. The lowest BCUT2D eigenvalue weighted by Crippen LogP contribution is -2.06. The lowest BCUT2D eigenvalue weighted by atomic mass is 10.1. The SMILES string of the molecule is CCNc1nc(C)nc(-c2cc(F)cc(F)c2)c1C. The van der Waals surface area contributed by atoms with Crippen molar-refractivity contribution >= 4 is 5.82 Å². The van der Waals surface area contributed by atoms with Crippen LogP contribution in [0.1, 0.15) is 18.3 Å². The lowest BCUT2D eigenvalue weighted by molar-refractivity contribution is 0.584. The Morgan fingerprint density at radius 3 is 2.26 bits per heavy atom. The number of rotatable bonds is 3. The number of hydrogen-bond donors (Lipinski definition) is 1. The molecule has 5 heteroatoms. The minimum absolute atomic E-state index is 0.416. The van der Waals surface area contributed by atoms with Crippen molar-refractivity contribution in [1.82, 2.24) is 9.97 Å². The van der Waals surface area contributed by atoms with Crippen LogP contribution in [0.25, 0.3) is 11.3 Å². The van der Waals surface area contributed by atoms with E-state index < -0.39 is 11.6 Å². The second kappa shape index (κ2) is 5.30. The second-order valence-electron chi connectivity index (χ2n) is 4.28. The maximum absolute atomic E-state index is 13.3. The van der Waals surface area contributed by atoms with Crippen LogP contribution in [0.15, 0.2) is 18.2 Å². The number of aromatic nitrogens is 2. The summed E-state index contributed by atoms with van der Waals surface area (Å²) in [5, 5.41) is 3.12. The van der Waals surface area contributed by atoms with E-state index in [2.05, 4.69) is 15.3 Å². The molecule has 0 atom stereocenters. The van der Waals surface area contributed by atoms with E-state index >= 15 is 0 Å². The topological polar surface area (TPSA) is 37.8 Å². The molecule has 0 amide bonds. The third-order valence-electron chi connectivity index (χ3n) is 2.74. The smallest absolute Gasteiger partial charge is 0.133 e. The highest BCUT2D eigenvalue weighted by Crippen LogP contribution is 2.27. The summed E-state index contributed by atoms with van der Waals surface area (Å²) in [7, 11) is 0. The monoisotopic (exact) mass is 263 g/mol. The first kappa shape index (κ1) is 13.4. The molecule has 19 heavy (non-hydrogen) atoms. The standard InChI is InChI=1S/C14H15F2N3/c1-4-17-14-8(2)13(18-9(3)19-14)10-5-11(15)7-12(16)6-10/h5-7H,4H2,1-3H3,(H,17,18,19). The normalized spacial score (nSPS) is 10.6. The van der Waals surface area contributed by atoms with Crippen LogP contribution in [0.3, 0.4) is 0 Å². The predicted octanol–water partition coefficient (Wildman–Crippen LogP) is 3.47. The zero-order chi connectivity index (χ0) is 14.0.